The number of hydrogen-bond donors (Lipinski definition) is 3. The minimum Gasteiger partial charge on any atom is -0.396 e. The minimum absolute atomic E-state index is 0.0161. The third-order valence-electron chi connectivity index (χ3n) is 5.10. The fraction of sp³-hybridized carbons (Fsp3) is 0.478. The Kier molecular flexibility index (Phi) is 9.47. The SMILES string of the molecule is CC(C)c1nc(N(C)S(C)(=O)=O)nc(-c2ccc(F)cc2)c1/C=C/[C@@H](O)C[C@@H](O)CCCO. The molecule has 182 valence electrons. The van der Waals surface area contributed by atoms with Crippen LogP contribution in [0.1, 0.15) is 50.3 Å². The molecule has 1 aromatic heterocycles. The Hall–Kier alpha value is -2.40. The number of benzene rings is 1. The zero-order valence-corrected chi connectivity index (χ0v) is 20.1. The zero-order chi connectivity index (χ0) is 24.8. The van der Waals surface area contributed by atoms with Crippen LogP contribution in [-0.2, 0) is 10.0 Å². The number of aromatic nitrogens is 2. The fourth-order valence-electron chi connectivity index (χ4n) is 3.21. The van der Waals surface area contributed by atoms with E-state index < -0.39 is 28.0 Å². The van der Waals surface area contributed by atoms with Gasteiger partial charge < -0.3 is 15.3 Å². The molecular weight excluding hydrogens is 449 g/mol. The van der Waals surface area contributed by atoms with Crippen LogP contribution in [0.4, 0.5) is 10.3 Å². The van der Waals surface area contributed by atoms with Gasteiger partial charge in [0.25, 0.3) is 0 Å². The van der Waals surface area contributed by atoms with Gasteiger partial charge in [-0.25, -0.2) is 27.1 Å². The summed E-state index contributed by atoms with van der Waals surface area (Å²) in [5, 5.41) is 29.3. The lowest BCUT2D eigenvalue weighted by molar-refractivity contribution is 0.0916. The van der Waals surface area contributed by atoms with E-state index in [1.807, 2.05) is 13.8 Å². The molecule has 0 aliphatic heterocycles. The quantitative estimate of drug-likeness (QED) is 0.451. The molecule has 0 radical (unpaired) electrons. The normalized spacial score (nSPS) is 14.1. The molecule has 33 heavy (non-hydrogen) atoms. The van der Waals surface area contributed by atoms with Gasteiger partial charge in [-0.15, -0.1) is 0 Å². The Balaban J connectivity index is 2.58. The Morgan fingerprint density at radius 3 is 2.33 bits per heavy atom. The van der Waals surface area contributed by atoms with Crippen molar-refractivity contribution in [2.75, 3.05) is 24.2 Å². The summed E-state index contributed by atoms with van der Waals surface area (Å²) < 4.78 is 38.7. The summed E-state index contributed by atoms with van der Waals surface area (Å²) in [4.78, 5) is 8.94. The minimum atomic E-state index is -3.62. The lowest BCUT2D eigenvalue weighted by Crippen LogP contribution is -2.27. The lowest BCUT2D eigenvalue weighted by atomic mass is 9.97. The number of anilines is 1. The molecule has 2 aromatic rings. The monoisotopic (exact) mass is 481 g/mol. The van der Waals surface area contributed by atoms with Gasteiger partial charge in [0.2, 0.25) is 16.0 Å². The lowest BCUT2D eigenvalue weighted by Gasteiger charge is -2.20. The van der Waals surface area contributed by atoms with E-state index in [-0.39, 0.29) is 24.9 Å². The highest BCUT2D eigenvalue weighted by Gasteiger charge is 2.22. The molecular formula is C23H32FN3O5S. The Labute approximate surface area is 194 Å². The van der Waals surface area contributed by atoms with Gasteiger partial charge in [-0.1, -0.05) is 26.0 Å². The van der Waals surface area contributed by atoms with E-state index in [4.69, 9.17) is 5.11 Å². The average Bonchev–Trinajstić information content (AvgIpc) is 2.75. The molecule has 2 rings (SSSR count). The maximum absolute atomic E-state index is 13.5. The van der Waals surface area contributed by atoms with Crippen molar-refractivity contribution >= 4 is 22.0 Å². The third kappa shape index (κ3) is 7.56. The molecule has 0 saturated heterocycles. The fourth-order valence-corrected chi connectivity index (χ4v) is 3.58. The first kappa shape index (κ1) is 26.8. The van der Waals surface area contributed by atoms with Crippen molar-refractivity contribution in [3.05, 3.63) is 47.4 Å². The van der Waals surface area contributed by atoms with Gasteiger partial charge in [-0.2, -0.15) is 0 Å². The predicted octanol–water partition coefficient (Wildman–Crippen LogP) is 2.70. The molecule has 8 nitrogen and oxygen atoms in total. The first-order chi connectivity index (χ1) is 15.4. The van der Waals surface area contributed by atoms with Crippen molar-refractivity contribution in [2.24, 2.45) is 0 Å². The van der Waals surface area contributed by atoms with E-state index >= 15 is 0 Å². The third-order valence-corrected chi connectivity index (χ3v) is 6.26. The van der Waals surface area contributed by atoms with Crippen LogP contribution >= 0.6 is 0 Å². The Morgan fingerprint density at radius 2 is 1.79 bits per heavy atom. The van der Waals surface area contributed by atoms with Gasteiger partial charge in [0.15, 0.2) is 0 Å². The number of halogens is 1. The van der Waals surface area contributed by atoms with E-state index in [0.717, 1.165) is 10.6 Å². The average molecular weight is 482 g/mol. The van der Waals surface area contributed by atoms with Crippen molar-refractivity contribution in [1.82, 2.24) is 9.97 Å². The summed E-state index contributed by atoms with van der Waals surface area (Å²) in [6.45, 7) is 3.76. The number of nitrogens with zero attached hydrogens (tertiary/aromatic N) is 3. The maximum Gasteiger partial charge on any atom is 0.239 e. The molecule has 0 amide bonds. The molecule has 1 aromatic carbocycles. The van der Waals surface area contributed by atoms with Gasteiger partial charge in [0.05, 0.1) is 29.9 Å². The Bertz CT molecular complexity index is 1060. The van der Waals surface area contributed by atoms with Crippen molar-refractivity contribution in [3.63, 3.8) is 0 Å². The number of sulfonamides is 1. The number of rotatable bonds is 11. The second kappa shape index (κ2) is 11.6. The molecule has 0 aliphatic carbocycles. The second-order valence-corrected chi connectivity index (χ2v) is 10.3. The summed E-state index contributed by atoms with van der Waals surface area (Å²) in [6.07, 6.45) is 3.38. The van der Waals surface area contributed by atoms with Gasteiger partial charge >= 0.3 is 0 Å². The van der Waals surface area contributed by atoms with Crippen LogP contribution in [0.15, 0.2) is 30.3 Å². The van der Waals surface area contributed by atoms with Crippen molar-refractivity contribution in [3.8, 4) is 11.3 Å². The number of aliphatic hydroxyl groups is 3. The smallest absolute Gasteiger partial charge is 0.239 e. The van der Waals surface area contributed by atoms with Crippen molar-refractivity contribution in [1.29, 1.82) is 0 Å². The maximum atomic E-state index is 13.5. The summed E-state index contributed by atoms with van der Waals surface area (Å²) in [7, 11) is -2.26. The van der Waals surface area contributed by atoms with Crippen LogP contribution in [0.5, 0.6) is 0 Å². The molecule has 0 unspecified atom stereocenters. The molecule has 0 spiro atoms. The van der Waals surface area contributed by atoms with Gasteiger partial charge in [-0.05, 0) is 43.0 Å². The topological polar surface area (TPSA) is 124 Å². The molecule has 0 bridgehead atoms. The standard InChI is InChI=1S/C23H32FN3O5S/c1-15(2)21-20(12-11-19(30)14-18(29)6-5-13-28)22(16-7-9-17(24)10-8-16)26-23(25-21)27(3)33(4,31)32/h7-12,15,18-19,28-30H,5-6,13-14H2,1-4H3/b12-11+/t18-,19+/m0/s1. The summed E-state index contributed by atoms with van der Waals surface area (Å²) in [6, 6.07) is 5.65. The highest BCUT2D eigenvalue weighted by atomic mass is 32.2. The second-order valence-electron chi connectivity index (χ2n) is 8.25. The van der Waals surface area contributed by atoms with Gasteiger partial charge in [-0.3, -0.25) is 0 Å². The molecule has 2 atom stereocenters. The van der Waals surface area contributed by atoms with Crippen molar-refractivity contribution < 1.29 is 28.1 Å². The molecule has 0 aliphatic rings. The molecule has 3 N–H and O–H groups in total. The van der Waals surface area contributed by atoms with Crippen LogP contribution < -0.4 is 4.31 Å². The highest BCUT2D eigenvalue weighted by molar-refractivity contribution is 7.92. The van der Waals surface area contributed by atoms with E-state index in [0.29, 0.717) is 35.4 Å². The summed E-state index contributed by atoms with van der Waals surface area (Å²) in [5.41, 5.74) is 2.06. The number of hydrogen-bond acceptors (Lipinski definition) is 7. The summed E-state index contributed by atoms with van der Waals surface area (Å²) >= 11 is 0. The van der Waals surface area contributed by atoms with Crippen LogP contribution in [-0.4, -0.2) is 65.8 Å². The van der Waals surface area contributed by atoms with Gasteiger partial charge in [0.1, 0.15) is 5.82 Å². The Morgan fingerprint density at radius 1 is 1.15 bits per heavy atom. The van der Waals surface area contributed by atoms with E-state index in [2.05, 4.69) is 9.97 Å². The zero-order valence-electron chi connectivity index (χ0n) is 19.3. The van der Waals surface area contributed by atoms with Crippen LogP contribution in [0.3, 0.4) is 0 Å². The van der Waals surface area contributed by atoms with E-state index in [1.54, 1.807) is 18.2 Å². The van der Waals surface area contributed by atoms with Crippen LogP contribution in [0, 0.1) is 5.82 Å². The molecule has 0 saturated carbocycles. The molecule has 1 heterocycles. The van der Waals surface area contributed by atoms with E-state index in [9.17, 15) is 23.0 Å². The first-order valence-corrected chi connectivity index (χ1v) is 12.6. The molecule has 0 fully saturated rings. The first-order valence-electron chi connectivity index (χ1n) is 10.7. The molecule has 10 heteroatoms. The van der Waals surface area contributed by atoms with Crippen molar-refractivity contribution in [2.45, 2.75) is 51.2 Å². The largest absolute Gasteiger partial charge is 0.396 e. The number of aliphatic hydroxyl groups excluding tert-OH is 3. The summed E-state index contributed by atoms with van der Waals surface area (Å²) in [5.74, 6) is -0.557. The van der Waals surface area contributed by atoms with Crippen LogP contribution in [0.25, 0.3) is 17.3 Å². The highest BCUT2D eigenvalue weighted by Crippen LogP contribution is 2.31. The van der Waals surface area contributed by atoms with E-state index in [1.165, 1.54) is 25.3 Å². The van der Waals surface area contributed by atoms with Gasteiger partial charge in [0, 0.05) is 31.2 Å². The predicted molar refractivity (Wildman–Crippen MR) is 127 cm³/mol. The van der Waals surface area contributed by atoms with Crippen LogP contribution in [0.2, 0.25) is 0 Å².